The number of ketones is 2. The van der Waals surface area contributed by atoms with E-state index in [1.165, 1.54) is 18.9 Å². The van der Waals surface area contributed by atoms with Crippen LogP contribution < -0.4 is 15.0 Å². The van der Waals surface area contributed by atoms with Crippen LogP contribution in [0, 0.1) is 17.7 Å². The van der Waals surface area contributed by atoms with Crippen molar-refractivity contribution in [2.24, 2.45) is 11.8 Å². The summed E-state index contributed by atoms with van der Waals surface area (Å²) in [5.41, 5.74) is 0.809. The molecule has 7 nitrogen and oxygen atoms in total. The zero-order valence-corrected chi connectivity index (χ0v) is 19.8. The molecule has 2 aliphatic heterocycles. The third-order valence-corrected chi connectivity index (χ3v) is 8.18. The second kappa shape index (κ2) is 10.3. The van der Waals surface area contributed by atoms with Crippen LogP contribution in [0.25, 0.3) is 0 Å². The van der Waals surface area contributed by atoms with Gasteiger partial charge in [0.1, 0.15) is 23.5 Å². The van der Waals surface area contributed by atoms with Crippen molar-refractivity contribution in [1.82, 2.24) is 10.2 Å². The van der Waals surface area contributed by atoms with Gasteiger partial charge >= 0.3 is 0 Å². The molecule has 186 valence electrons. The predicted molar refractivity (Wildman–Crippen MR) is 127 cm³/mol. The number of fused-ring (bicyclic) bond motifs is 1. The second-order valence-electron chi connectivity index (χ2n) is 10.5. The lowest BCUT2D eigenvalue weighted by atomic mass is 9.75. The van der Waals surface area contributed by atoms with E-state index in [-0.39, 0.29) is 41.4 Å². The Hall–Kier alpha value is -2.03. The molecule has 4 aliphatic rings. The number of Topliss-reactive ketones (excluding diaryl/α,β-unsaturated/α-hetero) is 2. The number of nitrogens with zero attached hydrogens (tertiary/aromatic N) is 2. The van der Waals surface area contributed by atoms with E-state index in [1.807, 2.05) is 0 Å². The largest absolute Gasteiger partial charge is 0.488 e. The van der Waals surface area contributed by atoms with E-state index in [1.54, 1.807) is 12.1 Å². The molecule has 0 bridgehead atoms. The van der Waals surface area contributed by atoms with E-state index in [4.69, 9.17) is 4.74 Å². The molecule has 2 N–H and O–H groups in total. The lowest BCUT2D eigenvalue weighted by molar-refractivity contribution is -0.133. The molecule has 5 rings (SSSR count). The Kier molecular flexibility index (Phi) is 7.18. The Bertz CT molecular complexity index is 898. The standard InChI is InChI=1S/C26H36FN3O4/c27-18-5-6-26(34-20-3-1-2-4-20)23(12-18)30-9-7-29(8-10-30)16-19(31)13-22-21-14-25(33)24(32)11-17(21)15-28-22/h5-6,12,17,20-22,24,28,32H,1-4,7-11,13-16H2. The Morgan fingerprint density at radius 2 is 1.94 bits per heavy atom. The average molecular weight is 474 g/mol. The molecule has 8 heteroatoms. The van der Waals surface area contributed by atoms with Crippen molar-refractivity contribution in [1.29, 1.82) is 0 Å². The summed E-state index contributed by atoms with van der Waals surface area (Å²) >= 11 is 0. The number of anilines is 1. The van der Waals surface area contributed by atoms with E-state index >= 15 is 0 Å². The fourth-order valence-corrected chi connectivity index (χ4v) is 6.24. The van der Waals surface area contributed by atoms with E-state index in [9.17, 15) is 19.1 Å². The highest BCUT2D eigenvalue weighted by Gasteiger charge is 2.43. The van der Waals surface area contributed by atoms with Crippen LogP contribution in [0.1, 0.15) is 44.9 Å². The molecule has 34 heavy (non-hydrogen) atoms. The van der Waals surface area contributed by atoms with Gasteiger partial charge in [0, 0.05) is 51.1 Å². The molecular weight excluding hydrogens is 437 g/mol. The summed E-state index contributed by atoms with van der Waals surface area (Å²) in [6.07, 6.45) is 5.16. The molecule has 0 radical (unpaired) electrons. The first kappa shape index (κ1) is 23.7. The predicted octanol–water partition coefficient (Wildman–Crippen LogP) is 2.16. The summed E-state index contributed by atoms with van der Waals surface area (Å²) < 4.78 is 20.3. The van der Waals surface area contributed by atoms with E-state index < -0.39 is 6.10 Å². The van der Waals surface area contributed by atoms with Gasteiger partial charge in [0.05, 0.1) is 18.3 Å². The number of nitrogens with one attached hydrogen (secondary N) is 1. The first-order chi connectivity index (χ1) is 16.5. The number of aliphatic hydroxyl groups is 1. The minimum Gasteiger partial charge on any atom is -0.488 e. The minimum absolute atomic E-state index is 0.0258. The number of aliphatic hydroxyl groups excluding tert-OH is 1. The van der Waals surface area contributed by atoms with Crippen molar-refractivity contribution in [3.05, 3.63) is 24.0 Å². The number of piperazine rings is 1. The summed E-state index contributed by atoms with van der Waals surface area (Å²) in [4.78, 5) is 29.1. The number of halogens is 1. The van der Waals surface area contributed by atoms with Gasteiger partial charge < -0.3 is 20.1 Å². The van der Waals surface area contributed by atoms with E-state index in [0.717, 1.165) is 57.0 Å². The van der Waals surface area contributed by atoms with Crippen molar-refractivity contribution < 1.29 is 23.8 Å². The minimum atomic E-state index is -0.837. The number of benzene rings is 1. The molecule has 0 aromatic heterocycles. The quantitative estimate of drug-likeness (QED) is 0.628. The molecule has 2 aliphatic carbocycles. The molecule has 2 saturated carbocycles. The molecule has 1 aromatic rings. The number of carbonyl (C=O) groups excluding carboxylic acids is 2. The van der Waals surface area contributed by atoms with Gasteiger partial charge in [0.15, 0.2) is 5.78 Å². The molecule has 4 unspecified atom stereocenters. The normalized spacial score (nSPS) is 30.5. The van der Waals surface area contributed by atoms with Gasteiger partial charge in [-0.25, -0.2) is 4.39 Å². The van der Waals surface area contributed by atoms with E-state index in [2.05, 4.69) is 15.1 Å². The number of rotatable bonds is 7. The zero-order chi connectivity index (χ0) is 23.7. The van der Waals surface area contributed by atoms with Crippen molar-refractivity contribution in [3.8, 4) is 5.75 Å². The fraction of sp³-hybridized carbons (Fsp3) is 0.692. The highest BCUT2D eigenvalue weighted by molar-refractivity contribution is 5.85. The first-order valence-corrected chi connectivity index (χ1v) is 12.9. The highest BCUT2D eigenvalue weighted by Crippen LogP contribution is 2.36. The van der Waals surface area contributed by atoms with Crippen molar-refractivity contribution in [2.75, 3.05) is 44.2 Å². The lowest BCUT2D eigenvalue weighted by Gasteiger charge is -2.37. The molecule has 2 saturated heterocycles. The summed E-state index contributed by atoms with van der Waals surface area (Å²) in [5.74, 6) is 1.02. The number of ether oxygens (including phenoxy) is 1. The third-order valence-electron chi connectivity index (χ3n) is 8.18. The second-order valence-corrected chi connectivity index (χ2v) is 10.5. The molecule has 1 aromatic carbocycles. The SMILES string of the molecule is O=C(CC1NCC2CC(O)C(=O)CC21)CN1CCN(c2cc(F)ccc2OC2CCCC2)CC1. The third kappa shape index (κ3) is 5.29. The van der Waals surface area contributed by atoms with Gasteiger partial charge in [-0.1, -0.05) is 0 Å². The van der Waals surface area contributed by atoms with Crippen molar-refractivity contribution >= 4 is 17.3 Å². The Morgan fingerprint density at radius 3 is 2.71 bits per heavy atom. The van der Waals surface area contributed by atoms with Crippen LogP contribution in [0.5, 0.6) is 5.75 Å². The van der Waals surface area contributed by atoms with Gasteiger partial charge in [0.2, 0.25) is 0 Å². The molecule has 0 amide bonds. The molecule has 4 fully saturated rings. The maximum absolute atomic E-state index is 14.0. The van der Waals surface area contributed by atoms with Crippen molar-refractivity contribution in [2.45, 2.75) is 63.2 Å². The summed E-state index contributed by atoms with van der Waals surface area (Å²) in [7, 11) is 0. The van der Waals surface area contributed by atoms with Crippen molar-refractivity contribution in [3.63, 3.8) is 0 Å². The summed E-state index contributed by atoms with van der Waals surface area (Å²) in [6, 6.07) is 4.80. The highest BCUT2D eigenvalue weighted by atomic mass is 19.1. The Morgan fingerprint density at radius 1 is 1.18 bits per heavy atom. The zero-order valence-electron chi connectivity index (χ0n) is 19.8. The van der Waals surface area contributed by atoms with Crippen LogP contribution in [-0.4, -0.2) is 79.1 Å². The van der Waals surface area contributed by atoms with Crippen LogP contribution in [0.15, 0.2) is 18.2 Å². The number of carbonyl (C=O) groups is 2. The molecule has 0 spiro atoms. The Labute approximate surface area is 200 Å². The smallest absolute Gasteiger partial charge is 0.161 e. The van der Waals surface area contributed by atoms with Crippen LogP contribution in [0.2, 0.25) is 0 Å². The maximum atomic E-state index is 14.0. The van der Waals surface area contributed by atoms with Gasteiger partial charge in [-0.2, -0.15) is 0 Å². The maximum Gasteiger partial charge on any atom is 0.161 e. The Balaban J connectivity index is 1.12. The van der Waals surface area contributed by atoms with Crippen LogP contribution >= 0.6 is 0 Å². The van der Waals surface area contributed by atoms with Crippen LogP contribution in [-0.2, 0) is 9.59 Å². The summed E-state index contributed by atoms with van der Waals surface area (Å²) in [6.45, 7) is 4.08. The van der Waals surface area contributed by atoms with Crippen LogP contribution in [0.3, 0.4) is 0 Å². The van der Waals surface area contributed by atoms with Crippen LogP contribution in [0.4, 0.5) is 10.1 Å². The topological polar surface area (TPSA) is 82.1 Å². The lowest BCUT2D eigenvalue weighted by Crippen LogP contribution is -2.48. The van der Waals surface area contributed by atoms with Gasteiger partial charge in [-0.3, -0.25) is 14.5 Å². The van der Waals surface area contributed by atoms with Gasteiger partial charge in [-0.05, 0) is 62.6 Å². The monoisotopic (exact) mass is 473 g/mol. The summed E-state index contributed by atoms with van der Waals surface area (Å²) in [5, 5.41) is 13.2. The molecular formula is C26H36FN3O4. The number of hydrogen-bond donors (Lipinski definition) is 2. The molecule has 4 atom stereocenters. The van der Waals surface area contributed by atoms with Gasteiger partial charge in [0.25, 0.3) is 0 Å². The fourth-order valence-electron chi connectivity index (χ4n) is 6.24. The van der Waals surface area contributed by atoms with Gasteiger partial charge in [-0.15, -0.1) is 0 Å². The average Bonchev–Trinajstić information content (AvgIpc) is 3.46. The molecule has 2 heterocycles. The first-order valence-electron chi connectivity index (χ1n) is 12.9. The number of hydrogen-bond acceptors (Lipinski definition) is 7. The van der Waals surface area contributed by atoms with E-state index in [0.29, 0.717) is 25.8 Å².